The molecule has 0 radical (unpaired) electrons. The summed E-state index contributed by atoms with van der Waals surface area (Å²) >= 11 is 0. The highest BCUT2D eigenvalue weighted by Gasteiger charge is 2.27. The second kappa shape index (κ2) is 2.82. The third-order valence-electron chi connectivity index (χ3n) is 1.59. The Kier molecular flexibility index (Phi) is 2.04. The molecule has 0 spiro atoms. The van der Waals surface area contributed by atoms with Crippen molar-refractivity contribution in [2.24, 2.45) is 0 Å². The lowest BCUT2D eigenvalue weighted by Crippen LogP contribution is -2.18. The molecule has 1 atom stereocenters. The fourth-order valence-corrected chi connectivity index (χ4v) is 0.980. The molecule has 1 heterocycles. The van der Waals surface area contributed by atoms with Crippen molar-refractivity contribution in [3.8, 4) is 0 Å². The molecule has 1 aliphatic rings. The molecule has 10 heavy (non-hydrogen) atoms. The van der Waals surface area contributed by atoms with E-state index in [9.17, 15) is 9.59 Å². The summed E-state index contributed by atoms with van der Waals surface area (Å²) in [7, 11) is 0. The maximum absolute atomic E-state index is 10.9. The van der Waals surface area contributed by atoms with Crippen LogP contribution in [0.3, 0.4) is 0 Å². The van der Waals surface area contributed by atoms with Gasteiger partial charge in [-0.2, -0.15) is 0 Å². The zero-order valence-electron chi connectivity index (χ0n) is 5.92. The fourth-order valence-electron chi connectivity index (χ4n) is 0.980. The van der Waals surface area contributed by atoms with E-state index < -0.39 is 6.10 Å². The van der Waals surface area contributed by atoms with E-state index in [0.29, 0.717) is 19.3 Å². The van der Waals surface area contributed by atoms with Gasteiger partial charge in [-0.25, -0.2) is 0 Å². The molecule has 3 nitrogen and oxygen atoms in total. The summed E-state index contributed by atoms with van der Waals surface area (Å²) in [6.45, 7) is 1.77. The van der Waals surface area contributed by atoms with Crippen molar-refractivity contribution >= 4 is 11.8 Å². The van der Waals surface area contributed by atoms with Gasteiger partial charge in [0.05, 0.1) is 0 Å². The molecule has 3 heteroatoms. The number of hydrogen-bond acceptors (Lipinski definition) is 3. The van der Waals surface area contributed by atoms with Crippen molar-refractivity contribution in [2.45, 2.75) is 32.3 Å². The molecule has 1 fully saturated rings. The Bertz CT molecular complexity index is 162. The van der Waals surface area contributed by atoms with Gasteiger partial charge in [0, 0.05) is 19.3 Å². The highest BCUT2D eigenvalue weighted by molar-refractivity contribution is 5.87. The Hall–Kier alpha value is -0.860. The second-order valence-corrected chi connectivity index (χ2v) is 2.34. The van der Waals surface area contributed by atoms with Crippen molar-refractivity contribution in [1.29, 1.82) is 0 Å². The van der Waals surface area contributed by atoms with Gasteiger partial charge in [-0.3, -0.25) is 9.59 Å². The van der Waals surface area contributed by atoms with E-state index >= 15 is 0 Å². The van der Waals surface area contributed by atoms with Crippen LogP contribution in [0.5, 0.6) is 0 Å². The highest BCUT2D eigenvalue weighted by Crippen LogP contribution is 2.15. The smallest absolute Gasteiger partial charge is 0.306 e. The van der Waals surface area contributed by atoms with E-state index in [1.807, 2.05) is 0 Å². The minimum Gasteiger partial charge on any atom is -0.454 e. The Balaban J connectivity index is 2.44. The van der Waals surface area contributed by atoms with Crippen LogP contribution in [0.15, 0.2) is 0 Å². The van der Waals surface area contributed by atoms with Gasteiger partial charge in [-0.1, -0.05) is 6.92 Å². The van der Waals surface area contributed by atoms with Gasteiger partial charge < -0.3 is 4.74 Å². The molecule has 1 rings (SSSR count). The topological polar surface area (TPSA) is 43.4 Å². The van der Waals surface area contributed by atoms with Crippen LogP contribution < -0.4 is 0 Å². The van der Waals surface area contributed by atoms with Crippen molar-refractivity contribution in [1.82, 2.24) is 0 Å². The summed E-state index contributed by atoms with van der Waals surface area (Å²) in [6.07, 6.45) is 0.998. The van der Waals surface area contributed by atoms with Gasteiger partial charge in [-0.15, -0.1) is 0 Å². The first-order valence-corrected chi connectivity index (χ1v) is 3.46. The molecule has 56 valence electrons. The van der Waals surface area contributed by atoms with E-state index in [2.05, 4.69) is 0 Å². The van der Waals surface area contributed by atoms with Crippen LogP contribution >= 0.6 is 0 Å². The molecule has 0 saturated carbocycles. The molecule has 0 N–H and O–H groups in total. The fraction of sp³-hybridized carbons (Fsp3) is 0.714. The molecule has 0 amide bonds. The monoisotopic (exact) mass is 142 g/mol. The van der Waals surface area contributed by atoms with Crippen LogP contribution in [0, 0.1) is 0 Å². The largest absolute Gasteiger partial charge is 0.454 e. The normalized spacial score (nSPS) is 24.5. The van der Waals surface area contributed by atoms with Crippen molar-refractivity contribution in [3.05, 3.63) is 0 Å². The number of esters is 1. The number of carbonyl (C=O) groups excluding carboxylic acids is 2. The van der Waals surface area contributed by atoms with E-state index in [-0.39, 0.29) is 11.8 Å². The third-order valence-corrected chi connectivity index (χ3v) is 1.59. The van der Waals surface area contributed by atoms with Crippen molar-refractivity contribution in [3.63, 3.8) is 0 Å². The SMILES string of the molecule is CCC(=O)[C@H]1CCC(=O)O1. The minimum absolute atomic E-state index is 0.0332. The quantitative estimate of drug-likeness (QED) is 0.532. The van der Waals surface area contributed by atoms with Crippen molar-refractivity contribution < 1.29 is 14.3 Å². The Morgan fingerprint density at radius 2 is 2.50 bits per heavy atom. The highest BCUT2D eigenvalue weighted by atomic mass is 16.6. The Morgan fingerprint density at radius 1 is 1.80 bits per heavy atom. The number of ether oxygens (including phenoxy) is 1. The Morgan fingerprint density at radius 3 is 2.90 bits per heavy atom. The first-order chi connectivity index (χ1) is 4.74. The van der Waals surface area contributed by atoms with E-state index in [1.54, 1.807) is 6.92 Å². The summed E-state index contributed by atoms with van der Waals surface area (Å²) in [6, 6.07) is 0. The van der Waals surface area contributed by atoms with E-state index in [4.69, 9.17) is 4.74 Å². The van der Waals surface area contributed by atoms with Crippen LogP contribution in [-0.2, 0) is 14.3 Å². The second-order valence-electron chi connectivity index (χ2n) is 2.34. The van der Waals surface area contributed by atoms with Gasteiger partial charge in [-0.05, 0) is 0 Å². The van der Waals surface area contributed by atoms with E-state index in [0.717, 1.165) is 0 Å². The summed E-state index contributed by atoms with van der Waals surface area (Å²) in [5, 5.41) is 0. The number of rotatable bonds is 2. The average Bonchev–Trinajstić information content (AvgIpc) is 2.34. The summed E-state index contributed by atoms with van der Waals surface area (Å²) in [5.41, 5.74) is 0. The van der Waals surface area contributed by atoms with E-state index in [1.165, 1.54) is 0 Å². The maximum atomic E-state index is 10.9. The number of ketones is 1. The average molecular weight is 142 g/mol. The minimum atomic E-state index is -0.433. The van der Waals surface area contributed by atoms with Crippen LogP contribution in [0.2, 0.25) is 0 Å². The van der Waals surface area contributed by atoms with Gasteiger partial charge in [0.2, 0.25) is 0 Å². The predicted octanol–water partition coefficient (Wildman–Crippen LogP) is 0.671. The van der Waals surface area contributed by atoms with Gasteiger partial charge in [0.15, 0.2) is 11.9 Å². The van der Waals surface area contributed by atoms with Crippen LogP contribution in [0.1, 0.15) is 26.2 Å². The lowest BCUT2D eigenvalue weighted by Gasteiger charge is -2.03. The lowest BCUT2D eigenvalue weighted by atomic mass is 10.1. The number of cyclic esters (lactones) is 1. The molecule has 0 unspecified atom stereocenters. The molecule has 0 aromatic carbocycles. The third kappa shape index (κ3) is 1.35. The summed E-state index contributed by atoms with van der Waals surface area (Å²) in [5.74, 6) is -0.211. The number of Topliss-reactive ketones (excluding diaryl/α,β-unsaturated/α-hetero) is 1. The molecular formula is C7H10O3. The van der Waals surface area contributed by atoms with Gasteiger partial charge >= 0.3 is 5.97 Å². The first kappa shape index (κ1) is 7.25. The first-order valence-electron chi connectivity index (χ1n) is 3.46. The van der Waals surface area contributed by atoms with Crippen LogP contribution in [0.25, 0.3) is 0 Å². The zero-order chi connectivity index (χ0) is 7.56. The Labute approximate surface area is 59.4 Å². The van der Waals surface area contributed by atoms with Crippen molar-refractivity contribution in [2.75, 3.05) is 0 Å². The zero-order valence-corrected chi connectivity index (χ0v) is 5.92. The number of carbonyl (C=O) groups is 2. The summed E-state index contributed by atoms with van der Waals surface area (Å²) in [4.78, 5) is 21.4. The van der Waals surface area contributed by atoms with Gasteiger partial charge in [0.25, 0.3) is 0 Å². The standard InChI is InChI=1S/C7H10O3/c1-2-5(8)6-3-4-7(9)10-6/h6H,2-4H2,1H3/t6-/m1/s1. The lowest BCUT2D eigenvalue weighted by molar-refractivity contribution is -0.147. The summed E-state index contributed by atoms with van der Waals surface area (Å²) < 4.78 is 4.73. The molecule has 0 aromatic rings. The van der Waals surface area contributed by atoms with Crippen LogP contribution in [0.4, 0.5) is 0 Å². The van der Waals surface area contributed by atoms with Crippen LogP contribution in [-0.4, -0.2) is 17.9 Å². The van der Waals surface area contributed by atoms with Gasteiger partial charge in [0.1, 0.15) is 0 Å². The molecule has 1 aliphatic heterocycles. The molecule has 0 aliphatic carbocycles. The maximum Gasteiger partial charge on any atom is 0.306 e. The molecule has 0 bridgehead atoms. The predicted molar refractivity (Wildman–Crippen MR) is 34.4 cm³/mol. The molecule has 1 saturated heterocycles. The molecule has 0 aromatic heterocycles. The molecular weight excluding hydrogens is 132 g/mol. The number of hydrogen-bond donors (Lipinski definition) is 0.